The molecule has 2 heterocycles. The smallest absolute Gasteiger partial charge is 0.223 e. The fraction of sp³-hybridized carbons (Fsp3) is 0.471. The summed E-state index contributed by atoms with van der Waals surface area (Å²) in [6, 6.07) is 4.02. The van der Waals surface area contributed by atoms with Gasteiger partial charge in [0, 0.05) is 25.6 Å². The molecule has 0 aromatic heterocycles. The van der Waals surface area contributed by atoms with Crippen LogP contribution in [0.4, 0.5) is 0 Å². The Hall–Kier alpha value is -1.97. The molecule has 0 saturated heterocycles. The standard InChI is InChI=1S/C17H19NO3/c1-18-10-11-6-7-12(20-2)16-15(11)17(9-14(18)19)8-4-3-5-13(17)21-16/h4,6-8,13H,3,5,9-10H2,1-2H3/t13-,17-/m1/s1. The molecule has 2 atom stereocenters. The second kappa shape index (κ2) is 4.26. The van der Waals surface area contributed by atoms with E-state index in [1.54, 1.807) is 7.11 Å². The lowest BCUT2D eigenvalue weighted by molar-refractivity contribution is -0.131. The normalized spacial score (nSPS) is 29.5. The third kappa shape index (κ3) is 1.59. The van der Waals surface area contributed by atoms with Crippen molar-refractivity contribution in [1.29, 1.82) is 0 Å². The first kappa shape index (κ1) is 12.7. The Morgan fingerprint density at radius 2 is 2.29 bits per heavy atom. The number of ether oxygens (including phenoxy) is 2. The van der Waals surface area contributed by atoms with Crippen LogP contribution in [0.3, 0.4) is 0 Å². The van der Waals surface area contributed by atoms with Crippen molar-refractivity contribution in [1.82, 2.24) is 4.90 Å². The van der Waals surface area contributed by atoms with Gasteiger partial charge in [0.05, 0.1) is 12.5 Å². The zero-order valence-corrected chi connectivity index (χ0v) is 12.4. The number of carbonyl (C=O) groups is 1. The van der Waals surface area contributed by atoms with E-state index in [0.29, 0.717) is 13.0 Å². The van der Waals surface area contributed by atoms with Crippen molar-refractivity contribution in [2.45, 2.75) is 37.3 Å². The third-order valence-electron chi connectivity index (χ3n) is 5.02. The van der Waals surface area contributed by atoms with Gasteiger partial charge in [-0.15, -0.1) is 0 Å². The average Bonchev–Trinajstić information content (AvgIpc) is 2.77. The molecule has 4 nitrogen and oxygen atoms in total. The molecule has 0 bridgehead atoms. The maximum atomic E-state index is 12.5. The van der Waals surface area contributed by atoms with E-state index in [4.69, 9.17) is 9.47 Å². The van der Waals surface area contributed by atoms with Gasteiger partial charge in [-0.3, -0.25) is 4.79 Å². The van der Waals surface area contributed by atoms with Gasteiger partial charge in [-0.2, -0.15) is 0 Å². The van der Waals surface area contributed by atoms with E-state index in [1.165, 1.54) is 11.1 Å². The summed E-state index contributed by atoms with van der Waals surface area (Å²) in [5.74, 6) is 1.79. The van der Waals surface area contributed by atoms with Crippen molar-refractivity contribution >= 4 is 5.91 Å². The highest BCUT2D eigenvalue weighted by molar-refractivity contribution is 5.81. The van der Waals surface area contributed by atoms with Crippen molar-refractivity contribution in [2.75, 3.05) is 14.2 Å². The molecule has 4 heteroatoms. The molecule has 1 amide bonds. The van der Waals surface area contributed by atoms with Crippen LogP contribution >= 0.6 is 0 Å². The number of methoxy groups -OCH3 is 1. The summed E-state index contributed by atoms with van der Waals surface area (Å²) in [4.78, 5) is 14.3. The minimum absolute atomic E-state index is 0.0444. The van der Waals surface area contributed by atoms with Crippen molar-refractivity contribution in [2.24, 2.45) is 0 Å². The number of hydrogen-bond acceptors (Lipinski definition) is 3. The molecule has 1 aliphatic carbocycles. The summed E-state index contributed by atoms with van der Waals surface area (Å²) >= 11 is 0. The van der Waals surface area contributed by atoms with Crippen LogP contribution in [0.2, 0.25) is 0 Å². The highest BCUT2D eigenvalue weighted by atomic mass is 16.5. The first-order valence-corrected chi connectivity index (χ1v) is 7.44. The monoisotopic (exact) mass is 285 g/mol. The largest absolute Gasteiger partial charge is 0.493 e. The maximum Gasteiger partial charge on any atom is 0.223 e. The maximum absolute atomic E-state index is 12.5. The minimum atomic E-state index is -0.306. The van der Waals surface area contributed by atoms with Crippen LogP contribution in [-0.4, -0.2) is 31.1 Å². The van der Waals surface area contributed by atoms with Gasteiger partial charge in [0.15, 0.2) is 11.5 Å². The number of amides is 1. The topological polar surface area (TPSA) is 38.8 Å². The number of benzene rings is 1. The van der Waals surface area contributed by atoms with Crippen LogP contribution in [0.5, 0.6) is 11.5 Å². The van der Waals surface area contributed by atoms with Gasteiger partial charge in [0.25, 0.3) is 0 Å². The zero-order chi connectivity index (χ0) is 14.6. The molecule has 0 saturated carbocycles. The van der Waals surface area contributed by atoms with Crippen molar-refractivity contribution in [3.05, 3.63) is 35.4 Å². The molecular weight excluding hydrogens is 266 g/mol. The SMILES string of the molecule is COc1ccc2c3c1O[C@@H]1CCC=C[C@]31CC(=O)N(C)C2. The summed E-state index contributed by atoms with van der Waals surface area (Å²) in [7, 11) is 3.54. The Kier molecular flexibility index (Phi) is 2.59. The van der Waals surface area contributed by atoms with Crippen LogP contribution in [0.15, 0.2) is 24.3 Å². The van der Waals surface area contributed by atoms with Crippen LogP contribution < -0.4 is 9.47 Å². The molecule has 4 rings (SSSR count). The molecule has 3 aliphatic rings. The fourth-order valence-electron chi connectivity index (χ4n) is 3.97. The quantitative estimate of drug-likeness (QED) is 0.744. The number of hydrogen-bond donors (Lipinski definition) is 0. The number of rotatable bonds is 1. The van der Waals surface area contributed by atoms with Gasteiger partial charge in [-0.25, -0.2) is 0 Å². The van der Waals surface area contributed by atoms with Gasteiger partial charge >= 0.3 is 0 Å². The highest BCUT2D eigenvalue weighted by Crippen LogP contribution is 2.55. The second-order valence-electron chi connectivity index (χ2n) is 6.18. The van der Waals surface area contributed by atoms with E-state index in [0.717, 1.165) is 24.3 Å². The van der Waals surface area contributed by atoms with Gasteiger partial charge in [-0.05, 0) is 24.5 Å². The van der Waals surface area contributed by atoms with Gasteiger partial charge in [0.1, 0.15) is 6.10 Å². The summed E-state index contributed by atoms with van der Waals surface area (Å²) in [5.41, 5.74) is 2.04. The first-order chi connectivity index (χ1) is 10.2. The van der Waals surface area contributed by atoms with E-state index < -0.39 is 0 Å². The molecule has 1 spiro atoms. The molecule has 21 heavy (non-hydrogen) atoms. The van der Waals surface area contributed by atoms with Crippen LogP contribution in [0.1, 0.15) is 30.4 Å². The highest BCUT2D eigenvalue weighted by Gasteiger charge is 2.53. The first-order valence-electron chi connectivity index (χ1n) is 7.44. The van der Waals surface area contributed by atoms with Crippen molar-refractivity contribution in [3.63, 3.8) is 0 Å². The van der Waals surface area contributed by atoms with E-state index in [1.807, 2.05) is 18.0 Å². The molecule has 1 aromatic carbocycles. The van der Waals surface area contributed by atoms with E-state index in [2.05, 4.69) is 18.2 Å². The second-order valence-corrected chi connectivity index (χ2v) is 6.18. The molecule has 0 unspecified atom stereocenters. The third-order valence-corrected chi connectivity index (χ3v) is 5.02. The molecule has 110 valence electrons. The van der Waals surface area contributed by atoms with Gasteiger partial charge in [0.2, 0.25) is 5.91 Å². The summed E-state index contributed by atoms with van der Waals surface area (Å²) in [6.07, 6.45) is 6.87. The van der Waals surface area contributed by atoms with Crippen LogP contribution in [0.25, 0.3) is 0 Å². The molecule has 0 radical (unpaired) electrons. The Bertz CT molecular complexity index is 652. The van der Waals surface area contributed by atoms with Crippen molar-refractivity contribution < 1.29 is 14.3 Å². The van der Waals surface area contributed by atoms with Gasteiger partial charge < -0.3 is 14.4 Å². The lowest BCUT2D eigenvalue weighted by Crippen LogP contribution is -2.41. The number of allylic oxidation sites excluding steroid dienone is 1. The summed E-state index contributed by atoms with van der Waals surface area (Å²) in [5, 5.41) is 0. The summed E-state index contributed by atoms with van der Waals surface area (Å²) in [6.45, 7) is 0.636. The van der Waals surface area contributed by atoms with Crippen molar-refractivity contribution in [3.8, 4) is 11.5 Å². The Morgan fingerprint density at radius 1 is 1.43 bits per heavy atom. The van der Waals surface area contributed by atoms with Gasteiger partial charge in [-0.1, -0.05) is 18.2 Å². The molecular formula is C17H19NO3. The molecule has 1 aromatic rings. The Balaban J connectivity index is 2.00. The molecule has 0 N–H and O–H groups in total. The fourth-order valence-corrected chi connectivity index (χ4v) is 3.97. The molecule has 2 aliphatic heterocycles. The lowest BCUT2D eigenvalue weighted by Gasteiger charge is -2.33. The number of carbonyl (C=O) groups excluding carboxylic acids is 1. The number of nitrogens with zero attached hydrogens (tertiary/aromatic N) is 1. The predicted octanol–water partition coefficient (Wildman–Crippen LogP) is 2.41. The van der Waals surface area contributed by atoms with E-state index in [9.17, 15) is 4.79 Å². The Morgan fingerprint density at radius 3 is 3.10 bits per heavy atom. The zero-order valence-electron chi connectivity index (χ0n) is 12.4. The minimum Gasteiger partial charge on any atom is -0.493 e. The van der Waals surface area contributed by atoms with E-state index >= 15 is 0 Å². The lowest BCUT2D eigenvalue weighted by atomic mass is 9.69. The predicted molar refractivity (Wildman–Crippen MR) is 78.6 cm³/mol. The average molecular weight is 285 g/mol. The molecule has 0 fully saturated rings. The van der Waals surface area contributed by atoms with Crippen LogP contribution in [-0.2, 0) is 16.8 Å². The van der Waals surface area contributed by atoms with Crippen LogP contribution in [0, 0.1) is 0 Å². The summed E-state index contributed by atoms with van der Waals surface area (Å²) < 4.78 is 11.7. The Labute approximate surface area is 124 Å². The van der Waals surface area contributed by atoms with E-state index in [-0.39, 0.29) is 17.4 Å².